The summed E-state index contributed by atoms with van der Waals surface area (Å²) in [6.45, 7) is 3.27. The minimum absolute atomic E-state index is 0.106. The highest BCUT2D eigenvalue weighted by Crippen LogP contribution is 2.47. The van der Waals surface area contributed by atoms with E-state index in [4.69, 9.17) is 0 Å². The van der Waals surface area contributed by atoms with Gasteiger partial charge in [0.25, 0.3) is 0 Å². The lowest BCUT2D eigenvalue weighted by Gasteiger charge is -2.46. The average Bonchev–Trinajstić information content (AvgIpc) is 3.02. The number of carbonyl (C=O) groups excluding carboxylic acids is 1. The fourth-order valence-corrected chi connectivity index (χ4v) is 5.47. The summed E-state index contributed by atoms with van der Waals surface area (Å²) in [5.74, 6) is 0.227. The Labute approximate surface area is 144 Å². The maximum atomic E-state index is 12.5. The van der Waals surface area contributed by atoms with Crippen LogP contribution >= 0.6 is 0 Å². The molecule has 132 valence electrons. The van der Waals surface area contributed by atoms with Gasteiger partial charge in [-0.2, -0.15) is 0 Å². The monoisotopic (exact) mass is 350 g/mol. The predicted octanol–water partition coefficient (Wildman–Crippen LogP) is 2.54. The van der Waals surface area contributed by atoms with Gasteiger partial charge in [-0.25, -0.2) is 13.1 Å². The van der Waals surface area contributed by atoms with Gasteiger partial charge in [0, 0.05) is 31.0 Å². The molecule has 1 amide bonds. The predicted molar refractivity (Wildman–Crippen MR) is 92.9 cm³/mol. The standard InChI is InChI=1S/C18H26N2O3S/c1-2-13-20-16-9-6-11-18(16,12-10-17(20)21)14-19-24(22,23)15-7-4-3-5-8-15/h3-5,7-8,16,19H,2,6,9-14H2,1H3/t16-,18+/m1/s1. The lowest BCUT2D eigenvalue weighted by atomic mass is 9.74. The van der Waals surface area contributed by atoms with E-state index in [1.165, 1.54) is 0 Å². The second-order valence-corrected chi connectivity index (χ2v) is 8.76. The highest BCUT2D eigenvalue weighted by Gasteiger charge is 2.50. The molecule has 0 unspecified atom stereocenters. The Morgan fingerprint density at radius 1 is 1.25 bits per heavy atom. The summed E-state index contributed by atoms with van der Waals surface area (Å²) >= 11 is 0. The van der Waals surface area contributed by atoms with E-state index in [9.17, 15) is 13.2 Å². The zero-order valence-corrected chi connectivity index (χ0v) is 15.0. The van der Waals surface area contributed by atoms with Crippen molar-refractivity contribution < 1.29 is 13.2 Å². The summed E-state index contributed by atoms with van der Waals surface area (Å²) in [7, 11) is -3.50. The molecule has 1 N–H and O–H groups in total. The minimum Gasteiger partial charge on any atom is -0.339 e. The van der Waals surface area contributed by atoms with Crippen molar-refractivity contribution in [3.05, 3.63) is 30.3 Å². The van der Waals surface area contributed by atoms with Crippen LogP contribution < -0.4 is 4.72 Å². The zero-order valence-electron chi connectivity index (χ0n) is 14.2. The van der Waals surface area contributed by atoms with Crippen molar-refractivity contribution in [2.75, 3.05) is 13.1 Å². The van der Waals surface area contributed by atoms with Crippen LogP contribution in [0.2, 0.25) is 0 Å². The van der Waals surface area contributed by atoms with Crippen LogP contribution in [0.4, 0.5) is 0 Å². The fraction of sp³-hybridized carbons (Fsp3) is 0.611. The van der Waals surface area contributed by atoms with E-state index in [1.54, 1.807) is 30.3 Å². The number of nitrogens with zero attached hydrogens (tertiary/aromatic N) is 1. The van der Waals surface area contributed by atoms with Gasteiger partial charge in [0.1, 0.15) is 0 Å². The Bertz CT molecular complexity index is 689. The van der Waals surface area contributed by atoms with E-state index in [0.717, 1.165) is 38.6 Å². The number of carbonyl (C=O) groups is 1. The molecule has 2 atom stereocenters. The molecule has 1 aromatic carbocycles. The van der Waals surface area contributed by atoms with E-state index in [1.807, 2.05) is 4.90 Å². The first-order valence-electron chi connectivity index (χ1n) is 8.83. The number of nitrogens with one attached hydrogen (secondary N) is 1. The van der Waals surface area contributed by atoms with Crippen molar-refractivity contribution in [2.45, 2.75) is 56.4 Å². The molecule has 1 aromatic rings. The van der Waals surface area contributed by atoms with Crippen LogP contribution in [0.5, 0.6) is 0 Å². The Morgan fingerprint density at radius 3 is 2.71 bits per heavy atom. The van der Waals surface area contributed by atoms with Crippen molar-refractivity contribution in [1.82, 2.24) is 9.62 Å². The van der Waals surface area contributed by atoms with Gasteiger partial charge in [-0.3, -0.25) is 4.79 Å². The van der Waals surface area contributed by atoms with Gasteiger partial charge in [0.2, 0.25) is 15.9 Å². The fourth-order valence-electron chi connectivity index (χ4n) is 4.31. The lowest BCUT2D eigenvalue weighted by molar-refractivity contribution is -0.141. The van der Waals surface area contributed by atoms with Gasteiger partial charge in [-0.1, -0.05) is 31.5 Å². The second kappa shape index (κ2) is 6.84. The smallest absolute Gasteiger partial charge is 0.240 e. The molecule has 1 aliphatic carbocycles. The summed E-state index contributed by atoms with van der Waals surface area (Å²) in [4.78, 5) is 14.6. The number of amides is 1. The van der Waals surface area contributed by atoms with E-state index in [-0.39, 0.29) is 17.4 Å². The molecular formula is C18H26N2O3S. The van der Waals surface area contributed by atoms with Crippen LogP contribution in [0.1, 0.15) is 45.4 Å². The van der Waals surface area contributed by atoms with Crippen molar-refractivity contribution >= 4 is 15.9 Å². The van der Waals surface area contributed by atoms with Gasteiger partial charge in [-0.05, 0) is 37.8 Å². The largest absolute Gasteiger partial charge is 0.339 e. The second-order valence-electron chi connectivity index (χ2n) is 7.00. The molecule has 0 radical (unpaired) electrons. The summed E-state index contributed by atoms with van der Waals surface area (Å²) in [5.41, 5.74) is -0.106. The van der Waals surface area contributed by atoms with Crippen molar-refractivity contribution in [2.24, 2.45) is 5.41 Å². The van der Waals surface area contributed by atoms with Gasteiger partial charge < -0.3 is 4.90 Å². The van der Waals surface area contributed by atoms with Crippen molar-refractivity contribution in [3.8, 4) is 0 Å². The molecule has 1 aliphatic heterocycles. The molecule has 1 saturated carbocycles. The van der Waals surface area contributed by atoms with E-state index < -0.39 is 10.0 Å². The molecule has 0 aromatic heterocycles. The first kappa shape index (κ1) is 17.4. The molecule has 1 heterocycles. The van der Waals surface area contributed by atoms with Crippen LogP contribution in [-0.4, -0.2) is 38.4 Å². The van der Waals surface area contributed by atoms with Crippen LogP contribution in [0.15, 0.2) is 35.2 Å². The van der Waals surface area contributed by atoms with Crippen LogP contribution in [0.25, 0.3) is 0 Å². The van der Waals surface area contributed by atoms with Crippen molar-refractivity contribution in [1.29, 1.82) is 0 Å². The number of benzene rings is 1. The molecule has 0 bridgehead atoms. The van der Waals surface area contributed by atoms with Gasteiger partial charge >= 0.3 is 0 Å². The maximum Gasteiger partial charge on any atom is 0.240 e. The summed E-state index contributed by atoms with van der Waals surface area (Å²) in [5, 5.41) is 0. The zero-order chi connectivity index (χ0) is 17.2. The summed E-state index contributed by atoms with van der Waals surface area (Å²) in [6, 6.07) is 8.66. The number of hydrogen-bond donors (Lipinski definition) is 1. The number of piperidine rings is 1. The number of sulfonamides is 1. The van der Waals surface area contributed by atoms with Gasteiger partial charge in [-0.15, -0.1) is 0 Å². The summed E-state index contributed by atoms with van der Waals surface area (Å²) in [6.07, 6.45) is 5.29. The number of rotatable bonds is 6. The van der Waals surface area contributed by atoms with Crippen LogP contribution in [0, 0.1) is 5.41 Å². The quantitative estimate of drug-likeness (QED) is 0.857. The molecule has 2 fully saturated rings. The Balaban J connectivity index is 1.77. The third kappa shape index (κ3) is 3.22. The topological polar surface area (TPSA) is 66.5 Å². The van der Waals surface area contributed by atoms with E-state index in [0.29, 0.717) is 17.9 Å². The Morgan fingerprint density at radius 2 is 2.00 bits per heavy atom. The van der Waals surface area contributed by atoms with Gasteiger partial charge in [0.05, 0.1) is 4.90 Å². The molecule has 3 rings (SSSR count). The van der Waals surface area contributed by atoms with Gasteiger partial charge in [0.15, 0.2) is 0 Å². The highest BCUT2D eigenvalue weighted by atomic mass is 32.2. The minimum atomic E-state index is -3.50. The average molecular weight is 350 g/mol. The number of likely N-dealkylation sites (tertiary alicyclic amines) is 1. The molecule has 5 nitrogen and oxygen atoms in total. The maximum absolute atomic E-state index is 12.5. The molecule has 24 heavy (non-hydrogen) atoms. The SMILES string of the molecule is CCCN1C(=O)CC[C@]2(CNS(=O)(=O)c3ccccc3)CCC[C@@H]12. The first-order chi connectivity index (χ1) is 11.5. The Hall–Kier alpha value is -1.40. The molecule has 2 aliphatic rings. The number of fused-ring (bicyclic) bond motifs is 1. The highest BCUT2D eigenvalue weighted by molar-refractivity contribution is 7.89. The normalized spacial score (nSPS) is 27.3. The van der Waals surface area contributed by atoms with Crippen LogP contribution in [-0.2, 0) is 14.8 Å². The van der Waals surface area contributed by atoms with Crippen molar-refractivity contribution in [3.63, 3.8) is 0 Å². The first-order valence-corrected chi connectivity index (χ1v) is 10.3. The third-order valence-corrected chi connectivity index (χ3v) is 6.94. The molecule has 1 saturated heterocycles. The van der Waals surface area contributed by atoms with Crippen LogP contribution in [0.3, 0.4) is 0 Å². The van der Waals surface area contributed by atoms with E-state index in [2.05, 4.69) is 11.6 Å². The Kier molecular flexibility index (Phi) is 4.97. The van der Waals surface area contributed by atoms with E-state index >= 15 is 0 Å². The lowest BCUT2D eigenvalue weighted by Crippen LogP contribution is -2.56. The number of hydrogen-bond acceptors (Lipinski definition) is 3. The molecular weight excluding hydrogens is 324 g/mol. The third-order valence-electron chi connectivity index (χ3n) is 5.52. The molecule has 6 heteroatoms. The summed E-state index contributed by atoms with van der Waals surface area (Å²) < 4.78 is 27.9. The molecule has 0 spiro atoms.